The van der Waals surface area contributed by atoms with Crippen LogP contribution >= 0.6 is 0 Å². The number of allylic oxidation sites excluding steroid dienone is 2. The summed E-state index contributed by atoms with van der Waals surface area (Å²) < 4.78 is 5.50. The highest BCUT2D eigenvalue weighted by Crippen LogP contribution is 2.20. The molecule has 0 fully saturated rings. The number of carbonyl (C=O) groups excluding carboxylic acids is 2. The van der Waals surface area contributed by atoms with Gasteiger partial charge >= 0.3 is 5.97 Å². The number of carbonyl (C=O) groups is 2. The van der Waals surface area contributed by atoms with E-state index in [1.54, 1.807) is 0 Å². The topological polar surface area (TPSA) is 95.9 Å². The van der Waals surface area contributed by atoms with E-state index in [0.717, 1.165) is 44.9 Å². The summed E-state index contributed by atoms with van der Waals surface area (Å²) in [6, 6.07) is -0.538. The molecular weight excluding hydrogens is 983 g/mol. The molecule has 0 radical (unpaired) electrons. The zero-order chi connectivity index (χ0) is 57.8. The molecule has 0 aromatic carbocycles. The molecule has 0 aliphatic heterocycles. The molecule has 0 aliphatic rings. The largest absolute Gasteiger partial charge is 0.466 e. The van der Waals surface area contributed by atoms with Gasteiger partial charge < -0.3 is 20.3 Å². The molecule has 0 saturated carbocycles. The average Bonchev–Trinajstić information content (AvgIpc) is 3.46. The number of esters is 1. The first-order valence-corrected chi connectivity index (χ1v) is 36.9. The number of hydrogen-bond donors (Lipinski definition) is 3. The van der Waals surface area contributed by atoms with Crippen LogP contribution < -0.4 is 5.32 Å². The van der Waals surface area contributed by atoms with Crippen LogP contribution in [-0.4, -0.2) is 47.4 Å². The van der Waals surface area contributed by atoms with Crippen molar-refractivity contribution in [3.05, 3.63) is 12.2 Å². The lowest BCUT2D eigenvalue weighted by molar-refractivity contribution is -0.143. The lowest BCUT2D eigenvalue weighted by Crippen LogP contribution is -2.45. The van der Waals surface area contributed by atoms with Crippen LogP contribution in [0.2, 0.25) is 0 Å². The Hall–Kier alpha value is -1.40. The summed E-state index contributed by atoms with van der Waals surface area (Å²) in [7, 11) is 0. The van der Waals surface area contributed by atoms with Crippen LogP contribution in [0.25, 0.3) is 0 Å². The molecule has 0 bridgehead atoms. The fourth-order valence-corrected chi connectivity index (χ4v) is 11.9. The highest BCUT2D eigenvalue weighted by atomic mass is 16.5. The minimum absolute atomic E-state index is 0.0138. The molecule has 0 aromatic rings. The zero-order valence-corrected chi connectivity index (χ0v) is 54.6. The first kappa shape index (κ1) is 78.6. The fraction of sp³-hybridized carbons (Fsp3) is 0.946. The number of unbranched alkanes of at least 4 members (excludes halogenated alkanes) is 57. The molecule has 0 saturated heterocycles. The van der Waals surface area contributed by atoms with E-state index in [0.29, 0.717) is 25.9 Å². The molecule has 0 spiro atoms. The number of nitrogens with one attached hydrogen (secondary N) is 1. The monoisotopic (exact) mass is 1130 g/mol. The highest BCUT2D eigenvalue weighted by Gasteiger charge is 2.20. The van der Waals surface area contributed by atoms with Crippen LogP contribution in [0, 0.1) is 0 Å². The van der Waals surface area contributed by atoms with Gasteiger partial charge in [0.25, 0.3) is 0 Å². The van der Waals surface area contributed by atoms with Gasteiger partial charge in [-0.2, -0.15) is 0 Å². The Balaban J connectivity index is 3.32. The summed E-state index contributed by atoms with van der Waals surface area (Å²) in [6.45, 7) is 4.99. The molecule has 6 nitrogen and oxygen atoms in total. The molecule has 0 heterocycles. The maximum Gasteiger partial charge on any atom is 0.305 e. The Morgan fingerprint density at radius 1 is 0.338 bits per heavy atom. The third-order valence-electron chi connectivity index (χ3n) is 17.6. The Morgan fingerprint density at radius 3 is 0.887 bits per heavy atom. The van der Waals surface area contributed by atoms with Crippen molar-refractivity contribution in [2.75, 3.05) is 13.2 Å². The maximum absolute atomic E-state index is 12.5. The molecule has 476 valence electrons. The summed E-state index contributed by atoms with van der Waals surface area (Å²) in [6.07, 6.45) is 87.1. The van der Waals surface area contributed by atoms with Gasteiger partial charge in [0.15, 0.2) is 0 Å². The standard InChI is InChI=1S/C74H145NO5/c1-3-5-7-9-11-13-15-17-19-35-39-42-46-50-54-58-62-66-72(77)71(70-76)75-73(78)67-63-59-55-51-47-43-40-36-33-31-29-27-25-23-21-20-22-24-26-28-30-32-34-37-41-45-49-53-57-61-65-69-80-74(79)68-64-60-56-52-48-44-38-18-16-14-12-10-8-6-4-2/h18,38,71-72,76-77H,3-17,19-37,39-70H2,1-2H3,(H,75,78)/b38-18-. The second-order valence-corrected chi connectivity index (χ2v) is 25.6. The number of aliphatic hydroxyl groups excluding tert-OH is 2. The Bertz CT molecular complexity index is 1210. The number of amides is 1. The lowest BCUT2D eigenvalue weighted by atomic mass is 10.0. The van der Waals surface area contributed by atoms with Gasteiger partial charge in [-0.05, 0) is 51.4 Å². The smallest absolute Gasteiger partial charge is 0.305 e. The lowest BCUT2D eigenvalue weighted by Gasteiger charge is -2.22. The number of ether oxygens (including phenoxy) is 1. The molecule has 0 rings (SSSR count). The van der Waals surface area contributed by atoms with Gasteiger partial charge in [0.1, 0.15) is 0 Å². The van der Waals surface area contributed by atoms with Crippen molar-refractivity contribution in [1.29, 1.82) is 0 Å². The molecule has 1 amide bonds. The Labute approximate surface area is 501 Å². The number of hydrogen-bond acceptors (Lipinski definition) is 5. The highest BCUT2D eigenvalue weighted by molar-refractivity contribution is 5.76. The first-order chi connectivity index (χ1) is 39.5. The van der Waals surface area contributed by atoms with Gasteiger partial charge in [0.2, 0.25) is 5.91 Å². The van der Waals surface area contributed by atoms with E-state index in [-0.39, 0.29) is 18.5 Å². The van der Waals surface area contributed by atoms with Crippen LogP contribution in [0.4, 0.5) is 0 Å². The van der Waals surface area contributed by atoms with Crippen molar-refractivity contribution in [1.82, 2.24) is 5.32 Å². The minimum atomic E-state index is -0.661. The zero-order valence-electron chi connectivity index (χ0n) is 54.6. The molecule has 0 aliphatic carbocycles. The van der Waals surface area contributed by atoms with E-state index in [4.69, 9.17) is 4.74 Å². The number of rotatable bonds is 70. The molecule has 80 heavy (non-hydrogen) atoms. The van der Waals surface area contributed by atoms with Gasteiger partial charge in [-0.15, -0.1) is 0 Å². The van der Waals surface area contributed by atoms with E-state index in [1.165, 1.54) is 347 Å². The van der Waals surface area contributed by atoms with Crippen LogP contribution in [0.1, 0.15) is 425 Å². The molecule has 2 unspecified atom stereocenters. The average molecular weight is 1130 g/mol. The van der Waals surface area contributed by atoms with Crippen molar-refractivity contribution < 1.29 is 24.5 Å². The van der Waals surface area contributed by atoms with Crippen LogP contribution in [-0.2, 0) is 14.3 Å². The third-order valence-corrected chi connectivity index (χ3v) is 17.6. The number of aliphatic hydroxyl groups is 2. The van der Waals surface area contributed by atoms with Crippen LogP contribution in [0.3, 0.4) is 0 Å². The van der Waals surface area contributed by atoms with Crippen molar-refractivity contribution >= 4 is 11.9 Å². The predicted molar refractivity (Wildman–Crippen MR) is 352 cm³/mol. The summed E-state index contributed by atoms with van der Waals surface area (Å²) in [5.74, 6) is -0.0127. The van der Waals surface area contributed by atoms with Gasteiger partial charge in [-0.3, -0.25) is 9.59 Å². The normalized spacial score (nSPS) is 12.5. The second-order valence-electron chi connectivity index (χ2n) is 25.6. The minimum Gasteiger partial charge on any atom is -0.466 e. The molecule has 0 aromatic heterocycles. The van der Waals surface area contributed by atoms with Gasteiger partial charge in [-0.1, -0.05) is 373 Å². The summed E-state index contributed by atoms with van der Waals surface area (Å²) in [5.41, 5.74) is 0. The van der Waals surface area contributed by atoms with Crippen molar-refractivity contribution in [3.63, 3.8) is 0 Å². The van der Waals surface area contributed by atoms with E-state index in [2.05, 4.69) is 31.3 Å². The maximum atomic E-state index is 12.5. The molecule has 6 heteroatoms. The van der Waals surface area contributed by atoms with Gasteiger partial charge in [0, 0.05) is 12.8 Å². The van der Waals surface area contributed by atoms with Crippen LogP contribution in [0.5, 0.6) is 0 Å². The molecule has 3 N–H and O–H groups in total. The third kappa shape index (κ3) is 65.7. The van der Waals surface area contributed by atoms with Crippen molar-refractivity contribution in [2.45, 2.75) is 437 Å². The second kappa shape index (κ2) is 70.1. The SMILES string of the molecule is CCCCCCCC/C=C\CCCCCCCC(=O)OCCCCCCCCCCCCCCCCCCCCCCCCCCCCCCCCCC(=O)NC(CO)C(O)CCCCCCCCCCCCCCCCCCC. The first-order valence-electron chi connectivity index (χ1n) is 36.9. The summed E-state index contributed by atoms with van der Waals surface area (Å²) in [5, 5.41) is 23.4. The summed E-state index contributed by atoms with van der Waals surface area (Å²) >= 11 is 0. The summed E-state index contributed by atoms with van der Waals surface area (Å²) in [4.78, 5) is 24.6. The van der Waals surface area contributed by atoms with Gasteiger partial charge in [-0.25, -0.2) is 0 Å². The van der Waals surface area contributed by atoms with E-state index in [1.807, 2.05) is 0 Å². The van der Waals surface area contributed by atoms with E-state index < -0.39 is 12.1 Å². The van der Waals surface area contributed by atoms with Gasteiger partial charge in [0.05, 0.1) is 25.4 Å². The van der Waals surface area contributed by atoms with E-state index >= 15 is 0 Å². The van der Waals surface area contributed by atoms with Crippen molar-refractivity contribution in [2.24, 2.45) is 0 Å². The molecule has 2 atom stereocenters. The van der Waals surface area contributed by atoms with Crippen LogP contribution in [0.15, 0.2) is 12.2 Å². The Morgan fingerprint density at radius 2 is 0.588 bits per heavy atom. The molecular formula is C74H145NO5. The fourth-order valence-electron chi connectivity index (χ4n) is 11.9. The Kier molecular flexibility index (Phi) is 68.9. The van der Waals surface area contributed by atoms with Crippen molar-refractivity contribution in [3.8, 4) is 0 Å². The quantitative estimate of drug-likeness (QED) is 0.0320. The van der Waals surface area contributed by atoms with E-state index in [9.17, 15) is 19.8 Å². The predicted octanol–water partition coefficient (Wildman–Crippen LogP) is 23.9.